The first-order chi connectivity index (χ1) is 43.5. The molecule has 530 valence electrons. The number of esters is 3. The van der Waals surface area contributed by atoms with E-state index in [0.29, 0.717) is 32.1 Å². The van der Waals surface area contributed by atoms with Crippen molar-refractivity contribution >= 4 is 17.9 Å². The molecule has 15 N–H and O–H groups in total. The van der Waals surface area contributed by atoms with E-state index in [-0.39, 0.29) is 30.6 Å². The quantitative estimate of drug-likeness (QED) is 0.0557. The molecule has 30 nitrogen and oxygen atoms in total. The van der Waals surface area contributed by atoms with Crippen LogP contribution in [0.1, 0.15) is 120 Å². The third kappa shape index (κ3) is 12.3. The maximum Gasteiger partial charge on any atom is 0.317 e. The summed E-state index contributed by atoms with van der Waals surface area (Å²) in [5, 5.41) is 172. The third-order valence-electron chi connectivity index (χ3n) is 24.0. The number of carbonyl (C=O) groups is 3. The van der Waals surface area contributed by atoms with Gasteiger partial charge in [0.15, 0.2) is 43.5 Å². The van der Waals surface area contributed by atoms with Crippen molar-refractivity contribution in [2.24, 2.45) is 50.2 Å². The molecular formula is C63H98O30. The van der Waals surface area contributed by atoms with Gasteiger partial charge in [0.05, 0.1) is 75.9 Å². The fourth-order valence-electron chi connectivity index (χ4n) is 18.6. The molecule has 0 aromatic heterocycles. The van der Waals surface area contributed by atoms with E-state index in [2.05, 4.69) is 40.7 Å². The van der Waals surface area contributed by atoms with Gasteiger partial charge in [-0.1, -0.05) is 53.2 Å². The number of aliphatic hydroxyl groups is 15. The molecule has 4 saturated carbocycles. The standard InChI is InChI=1S/C63H98O30/c1-25-46-47(89-51-43(77)38(72)29(67)21-82-51)45(79)53(85-25)91-48-39(73)30(68)22-83-54(48)93-56(80)63-14-13-57(2,3)15-27(63)26-9-10-34-59(5)16-28(66)50(60(6,24-65)33(59)11-12-61(34,7)62(26,8)17-35(63)69)92-55-49(42(76)40(74)31(20-64)87-55)90-52-44(78)41(75)32(23-84-52)86-36(70)18-58(4,81)19-37(71)88-46/h9,25,27-35,38-55,64-69,72-79,81H,10-24H2,1-8H3/t25-,27-,28-,29+,30-,31+,32-,33?,34?,35+,38-,39-,40+,41-,42-,43+,44+,45+,46-,47-,48+,49+,50-,51-,52-,53-,54-,55-,58?,59-,60-,61+,62+,63+/m0/s1. The number of hydrogen-bond acceptors (Lipinski definition) is 30. The van der Waals surface area contributed by atoms with E-state index in [1.54, 1.807) is 6.92 Å². The van der Waals surface area contributed by atoms with Crippen molar-refractivity contribution in [1.82, 2.24) is 0 Å². The molecule has 12 heterocycles. The second-order valence-electron chi connectivity index (χ2n) is 30.6. The Balaban J connectivity index is 0.961. The zero-order valence-corrected chi connectivity index (χ0v) is 53.7. The summed E-state index contributed by atoms with van der Waals surface area (Å²) >= 11 is 0. The maximum absolute atomic E-state index is 15.7. The highest BCUT2D eigenvalue weighted by atomic mass is 16.8. The molecule has 8 saturated heterocycles. The monoisotopic (exact) mass is 1330 g/mol. The molecule has 17 rings (SSSR count). The van der Waals surface area contributed by atoms with Crippen LogP contribution >= 0.6 is 0 Å². The Morgan fingerprint density at radius 2 is 1.22 bits per heavy atom. The second kappa shape index (κ2) is 26.0. The molecule has 0 aromatic rings. The summed E-state index contributed by atoms with van der Waals surface area (Å²) in [7, 11) is 0. The van der Waals surface area contributed by atoms with Crippen LogP contribution in [0.3, 0.4) is 0 Å². The SMILES string of the molecule is C[C@@H]1O[C@H]2O[C@H]3[C@@H](OC[C@H](O)[C@@H]3O)OC(=O)[C@]34CCC(C)(C)C[C@H]3C3=CCC5[C@@]6(C)C[C@H](O)[C@H](O[C@@H]7O[C@H](CO)[C@@H](O)[C@H](O)[C@H]7O[C@@H]7OC[C@H](OC(=O)CC(C)(O)CC(=O)O[C@@H]1[C@@H](O[C@@H]1OC[C@@H](O)[C@H](O)[C@H]1O)[C@H]2O)[C@H](O)[C@H]7O)[C@@](C)(CO)C6CC[C@@]5(C)[C@]3(C)C[C@H]4O. The van der Waals surface area contributed by atoms with Crippen LogP contribution in [0.25, 0.3) is 0 Å². The Morgan fingerprint density at radius 1 is 0.570 bits per heavy atom. The van der Waals surface area contributed by atoms with Crippen LogP contribution in [0.4, 0.5) is 0 Å². The summed E-state index contributed by atoms with van der Waals surface area (Å²) in [5.41, 5.74) is -6.89. The molecule has 0 radical (unpaired) electrons. The van der Waals surface area contributed by atoms with Crippen molar-refractivity contribution in [3.05, 3.63) is 11.6 Å². The summed E-state index contributed by atoms with van der Waals surface area (Å²) in [6.07, 6.45) is -41.1. The number of ether oxygens (including phenoxy) is 12. The van der Waals surface area contributed by atoms with Gasteiger partial charge in [-0.2, -0.15) is 0 Å². The van der Waals surface area contributed by atoms with Gasteiger partial charge in [-0.25, -0.2) is 0 Å². The fraction of sp³-hybridized carbons (Fsp3) is 0.921. The van der Waals surface area contributed by atoms with Crippen LogP contribution in [0.2, 0.25) is 0 Å². The molecule has 12 aliphatic heterocycles. The fourth-order valence-corrected chi connectivity index (χ4v) is 18.6. The van der Waals surface area contributed by atoms with Gasteiger partial charge in [0.25, 0.3) is 0 Å². The largest absolute Gasteiger partial charge is 0.457 e. The number of carbonyl (C=O) groups excluding carboxylic acids is 3. The highest BCUT2D eigenvalue weighted by Gasteiger charge is 2.73. The predicted molar refractivity (Wildman–Crippen MR) is 308 cm³/mol. The van der Waals surface area contributed by atoms with E-state index >= 15 is 4.79 Å². The number of rotatable bonds is 4. The Bertz CT molecular complexity index is 2740. The van der Waals surface area contributed by atoms with Crippen LogP contribution < -0.4 is 0 Å². The molecule has 93 heavy (non-hydrogen) atoms. The number of aliphatic hydroxyl groups excluding tert-OH is 14. The van der Waals surface area contributed by atoms with Crippen LogP contribution in [-0.4, -0.2) is 287 Å². The van der Waals surface area contributed by atoms with Crippen molar-refractivity contribution in [2.45, 2.75) is 279 Å². The summed E-state index contributed by atoms with van der Waals surface area (Å²) in [5.74, 6) is -4.65. The van der Waals surface area contributed by atoms with Gasteiger partial charge in [0.1, 0.15) is 84.8 Å². The Morgan fingerprint density at radius 3 is 1.90 bits per heavy atom. The van der Waals surface area contributed by atoms with E-state index in [9.17, 15) is 86.2 Å². The van der Waals surface area contributed by atoms with Crippen molar-refractivity contribution in [2.75, 3.05) is 33.0 Å². The Kier molecular flexibility index (Phi) is 20.0. The van der Waals surface area contributed by atoms with Crippen LogP contribution in [-0.2, 0) is 71.2 Å². The second-order valence-corrected chi connectivity index (χ2v) is 30.6. The molecule has 12 bridgehead atoms. The first kappa shape index (κ1) is 71.5. The van der Waals surface area contributed by atoms with Gasteiger partial charge in [-0.3, -0.25) is 14.4 Å². The van der Waals surface area contributed by atoms with Crippen LogP contribution in [0, 0.1) is 50.2 Å². The summed E-state index contributed by atoms with van der Waals surface area (Å²) in [4.78, 5) is 43.1. The Labute approximate surface area is 537 Å². The molecule has 3 unspecified atom stereocenters. The Hall–Kier alpha value is -2.81. The topological polar surface area (TPSA) is 465 Å². The van der Waals surface area contributed by atoms with Crippen molar-refractivity contribution in [3.8, 4) is 0 Å². The van der Waals surface area contributed by atoms with E-state index in [4.69, 9.17) is 56.8 Å². The van der Waals surface area contributed by atoms with Crippen molar-refractivity contribution < 1.29 is 148 Å². The summed E-state index contributed by atoms with van der Waals surface area (Å²) in [6, 6.07) is 0. The molecular weight excluding hydrogens is 1240 g/mol. The minimum absolute atomic E-state index is 0.0693. The average molecular weight is 1340 g/mol. The highest BCUT2D eigenvalue weighted by molar-refractivity contribution is 5.80. The average Bonchev–Trinajstić information content (AvgIpc) is 0.671. The molecule has 17 aliphatic rings. The van der Waals surface area contributed by atoms with E-state index in [0.717, 1.165) is 12.5 Å². The molecule has 0 amide bonds. The van der Waals surface area contributed by atoms with Crippen molar-refractivity contribution in [3.63, 3.8) is 0 Å². The molecule has 0 aromatic carbocycles. The normalized spacial score (nSPS) is 54.8. The lowest BCUT2D eigenvalue weighted by Gasteiger charge is -2.72. The highest BCUT2D eigenvalue weighted by Crippen LogP contribution is 2.76. The zero-order chi connectivity index (χ0) is 67.8. The lowest BCUT2D eigenvalue weighted by Crippen LogP contribution is -2.71. The minimum Gasteiger partial charge on any atom is -0.457 e. The molecule has 1 spiro atoms. The van der Waals surface area contributed by atoms with E-state index in [1.807, 2.05) is 0 Å². The first-order valence-electron chi connectivity index (χ1n) is 32.7. The van der Waals surface area contributed by atoms with Gasteiger partial charge in [-0.05, 0) is 105 Å². The lowest BCUT2D eigenvalue weighted by molar-refractivity contribution is -0.377. The molecule has 5 aliphatic carbocycles. The van der Waals surface area contributed by atoms with E-state index < -0.39 is 262 Å². The minimum atomic E-state index is -2.31. The zero-order valence-electron chi connectivity index (χ0n) is 53.7. The van der Waals surface area contributed by atoms with Crippen molar-refractivity contribution in [1.29, 1.82) is 0 Å². The van der Waals surface area contributed by atoms with Crippen LogP contribution in [0.15, 0.2) is 11.6 Å². The lowest BCUT2D eigenvalue weighted by atomic mass is 9.33. The van der Waals surface area contributed by atoms with Gasteiger partial charge in [-0.15, -0.1) is 0 Å². The summed E-state index contributed by atoms with van der Waals surface area (Å²) < 4.78 is 72.0. The predicted octanol–water partition coefficient (Wildman–Crippen LogP) is -3.71. The van der Waals surface area contributed by atoms with Gasteiger partial charge >= 0.3 is 17.9 Å². The third-order valence-corrected chi connectivity index (χ3v) is 24.0. The molecule has 34 atom stereocenters. The maximum atomic E-state index is 15.7. The van der Waals surface area contributed by atoms with E-state index in [1.165, 1.54) is 6.92 Å². The number of hydrogen-bond donors (Lipinski definition) is 15. The van der Waals surface area contributed by atoms with Gasteiger partial charge in [0, 0.05) is 5.41 Å². The summed E-state index contributed by atoms with van der Waals surface area (Å²) in [6.45, 7) is 11.5. The van der Waals surface area contributed by atoms with Crippen LogP contribution in [0.5, 0.6) is 0 Å². The molecule has 12 fully saturated rings. The van der Waals surface area contributed by atoms with Gasteiger partial charge in [0.2, 0.25) is 6.29 Å². The number of allylic oxidation sites excluding steroid dienone is 2. The first-order valence-corrected chi connectivity index (χ1v) is 32.7. The smallest absolute Gasteiger partial charge is 0.317 e. The van der Waals surface area contributed by atoms with Gasteiger partial charge < -0.3 is 133 Å². The molecule has 30 heteroatoms.